The Bertz CT molecular complexity index is 456. The highest BCUT2D eigenvalue weighted by Gasteiger charge is 2.35. The highest BCUT2D eigenvalue weighted by atomic mass is 79.9. The predicted molar refractivity (Wildman–Crippen MR) is 71.1 cm³/mol. The average Bonchev–Trinajstić information content (AvgIpc) is 2.73. The zero-order valence-electron chi connectivity index (χ0n) is 10.2. The maximum atomic E-state index is 12.9. The Balaban J connectivity index is 2.17. The van der Waals surface area contributed by atoms with Gasteiger partial charge in [-0.25, -0.2) is 0 Å². The molecule has 6 heteroatoms. The quantitative estimate of drug-likeness (QED) is 0.866. The van der Waals surface area contributed by atoms with E-state index < -0.39 is 17.3 Å². The monoisotopic (exact) mass is 337 g/mol. The molecule has 0 heterocycles. The molecule has 19 heavy (non-hydrogen) atoms. The molecule has 2 N–H and O–H groups in total. The van der Waals surface area contributed by atoms with Crippen molar-refractivity contribution in [2.24, 2.45) is 0 Å². The average molecular weight is 338 g/mol. The Labute approximate surface area is 118 Å². The molecule has 1 aliphatic rings. The fourth-order valence-electron chi connectivity index (χ4n) is 2.38. The highest BCUT2D eigenvalue weighted by molar-refractivity contribution is 9.10. The standard InChI is InChI=1S/C13H15BrF3NO/c14-9-3-4-10(13(15,16)17)11(7-9)18-8-12(19)5-1-2-6-12/h3-4,7,18-19H,1-2,5-6,8H2. The van der Waals surface area contributed by atoms with E-state index in [1.54, 1.807) is 0 Å². The zero-order chi connectivity index (χ0) is 14.1. The van der Waals surface area contributed by atoms with Crippen molar-refractivity contribution in [3.63, 3.8) is 0 Å². The Kier molecular flexibility index (Phi) is 4.11. The van der Waals surface area contributed by atoms with Gasteiger partial charge in [0.2, 0.25) is 0 Å². The number of anilines is 1. The van der Waals surface area contributed by atoms with Gasteiger partial charge in [-0.2, -0.15) is 13.2 Å². The lowest BCUT2D eigenvalue weighted by molar-refractivity contribution is -0.137. The summed E-state index contributed by atoms with van der Waals surface area (Å²) < 4.78 is 39.1. The zero-order valence-corrected chi connectivity index (χ0v) is 11.8. The Morgan fingerprint density at radius 2 is 1.89 bits per heavy atom. The number of alkyl halides is 3. The molecule has 0 aliphatic heterocycles. The molecule has 0 radical (unpaired) electrons. The largest absolute Gasteiger partial charge is 0.418 e. The molecule has 2 nitrogen and oxygen atoms in total. The van der Waals surface area contributed by atoms with Gasteiger partial charge >= 0.3 is 6.18 Å². The Morgan fingerprint density at radius 3 is 2.47 bits per heavy atom. The van der Waals surface area contributed by atoms with E-state index in [2.05, 4.69) is 21.2 Å². The third kappa shape index (κ3) is 3.63. The summed E-state index contributed by atoms with van der Waals surface area (Å²) in [5, 5.41) is 12.9. The second-order valence-corrected chi connectivity index (χ2v) is 5.89. The van der Waals surface area contributed by atoms with Crippen molar-refractivity contribution >= 4 is 21.6 Å². The number of hydrogen-bond acceptors (Lipinski definition) is 2. The second kappa shape index (κ2) is 5.32. The first-order valence-electron chi connectivity index (χ1n) is 6.13. The lowest BCUT2D eigenvalue weighted by Gasteiger charge is -2.24. The number of halogens is 4. The predicted octanol–water partition coefficient (Wildman–Crippen LogP) is 4.18. The van der Waals surface area contributed by atoms with Gasteiger partial charge in [0.15, 0.2) is 0 Å². The minimum Gasteiger partial charge on any atom is -0.388 e. The molecular formula is C13H15BrF3NO. The van der Waals surface area contributed by atoms with E-state index in [1.165, 1.54) is 12.1 Å². The first-order valence-corrected chi connectivity index (χ1v) is 6.92. The molecule has 0 spiro atoms. The van der Waals surface area contributed by atoms with Crippen LogP contribution in [0.2, 0.25) is 0 Å². The summed E-state index contributed by atoms with van der Waals surface area (Å²) in [5.41, 5.74) is -1.59. The van der Waals surface area contributed by atoms with E-state index in [0.717, 1.165) is 18.9 Å². The molecule has 1 fully saturated rings. The minimum absolute atomic E-state index is 0.00204. The fourth-order valence-corrected chi connectivity index (χ4v) is 2.74. The number of aliphatic hydroxyl groups is 1. The molecule has 2 rings (SSSR count). The number of benzene rings is 1. The van der Waals surface area contributed by atoms with Crippen LogP contribution in [-0.4, -0.2) is 17.3 Å². The van der Waals surface area contributed by atoms with E-state index in [0.29, 0.717) is 17.3 Å². The molecule has 0 saturated heterocycles. The van der Waals surface area contributed by atoms with Gasteiger partial charge in [0.05, 0.1) is 11.2 Å². The third-order valence-corrected chi connectivity index (χ3v) is 3.92. The second-order valence-electron chi connectivity index (χ2n) is 4.97. The van der Waals surface area contributed by atoms with Crippen molar-refractivity contribution in [3.8, 4) is 0 Å². The van der Waals surface area contributed by atoms with Gasteiger partial charge in [-0.05, 0) is 31.0 Å². The van der Waals surface area contributed by atoms with Gasteiger partial charge < -0.3 is 10.4 Å². The van der Waals surface area contributed by atoms with Crippen LogP contribution in [-0.2, 0) is 6.18 Å². The number of rotatable bonds is 3. The van der Waals surface area contributed by atoms with Crippen molar-refractivity contribution in [1.29, 1.82) is 0 Å². The topological polar surface area (TPSA) is 32.3 Å². The van der Waals surface area contributed by atoms with Gasteiger partial charge in [0.25, 0.3) is 0 Å². The molecule has 1 aromatic carbocycles. The Hall–Kier alpha value is -0.750. The molecule has 0 amide bonds. The van der Waals surface area contributed by atoms with E-state index in [4.69, 9.17) is 0 Å². The van der Waals surface area contributed by atoms with Crippen molar-refractivity contribution in [1.82, 2.24) is 0 Å². The first kappa shape index (κ1) is 14.7. The van der Waals surface area contributed by atoms with E-state index in [-0.39, 0.29) is 12.2 Å². The molecule has 1 saturated carbocycles. The minimum atomic E-state index is -4.40. The summed E-state index contributed by atoms with van der Waals surface area (Å²) in [6.45, 7) is 0.145. The van der Waals surface area contributed by atoms with Crippen LogP contribution in [0.15, 0.2) is 22.7 Å². The van der Waals surface area contributed by atoms with Gasteiger partial charge in [0, 0.05) is 16.7 Å². The van der Waals surface area contributed by atoms with Gasteiger partial charge in [-0.3, -0.25) is 0 Å². The van der Waals surface area contributed by atoms with Crippen LogP contribution in [0.4, 0.5) is 18.9 Å². The van der Waals surface area contributed by atoms with Crippen LogP contribution < -0.4 is 5.32 Å². The van der Waals surface area contributed by atoms with Gasteiger partial charge in [-0.15, -0.1) is 0 Å². The van der Waals surface area contributed by atoms with Crippen molar-refractivity contribution in [3.05, 3.63) is 28.2 Å². The van der Waals surface area contributed by atoms with Crippen LogP contribution in [0.1, 0.15) is 31.2 Å². The smallest absolute Gasteiger partial charge is 0.388 e. The van der Waals surface area contributed by atoms with Crippen LogP contribution >= 0.6 is 15.9 Å². The normalized spacial score (nSPS) is 18.6. The summed E-state index contributed by atoms with van der Waals surface area (Å²) in [6, 6.07) is 3.78. The van der Waals surface area contributed by atoms with Crippen LogP contribution in [0, 0.1) is 0 Å². The molecule has 1 aliphatic carbocycles. The summed E-state index contributed by atoms with van der Waals surface area (Å²) in [4.78, 5) is 0. The molecule has 0 bridgehead atoms. The van der Waals surface area contributed by atoms with E-state index >= 15 is 0 Å². The highest BCUT2D eigenvalue weighted by Crippen LogP contribution is 2.37. The summed E-state index contributed by atoms with van der Waals surface area (Å²) in [7, 11) is 0. The lowest BCUT2D eigenvalue weighted by atomic mass is 10.0. The Morgan fingerprint density at radius 1 is 1.26 bits per heavy atom. The van der Waals surface area contributed by atoms with Gasteiger partial charge in [0.1, 0.15) is 0 Å². The lowest BCUT2D eigenvalue weighted by Crippen LogP contribution is -2.34. The fraction of sp³-hybridized carbons (Fsp3) is 0.538. The van der Waals surface area contributed by atoms with Crippen LogP contribution in [0.25, 0.3) is 0 Å². The SMILES string of the molecule is OC1(CNc2cc(Br)ccc2C(F)(F)F)CCCC1. The van der Waals surface area contributed by atoms with Crippen molar-refractivity contribution < 1.29 is 18.3 Å². The summed E-state index contributed by atoms with van der Waals surface area (Å²) in [5.74, 6) is 0. The number of nitrogens with one attached hydrogen (secondary N) is 1. The molecular weight excluding hydrogens is 323 g/mol. The molecule has 106 valence electrons. The van der Waals surface area contributed by atoms with Crippen LogP contribution in [0.5, 0.6) is 0 Å². The van der Waals surface area contributed by atoms with E-state index in [1.807, 2.05) is 0 Å². The molecule has 1 aromatic rings. The molecule has 0 unspecified atom stereocenters. The maximum absolute atomic E-state index is 12.9. The molecule has 0 aromatic heterocycles. The first-order chi connectivity index (χ1) is 8.80. The van der Waals surface area contributed by atoms with Crippen LogP contribution in [0.3, 0.4) is 0 Å². The van der Waals surface area contributed by atoms with Crippen molar-refractivity contribution in [2.45, 2.75) is 37.5 Å². The number of hydrogen-bond donors (Lipinski definition) is 2. The summed E-state index contributed by atoms with van der Waals surface area (Å²) >= 11 is 3.16. The maximum Gasteiger partial charge on any atom is 0.418 e. The van der Waals surface area contributed by atoms with Gasteiger partial charge in [-0.1, -0.05) is 28.8 Å². The van der Waals surface area contributed by atoms with Crippen molar-refractivity contribution in [2.75, 3.05) is 11.9 Å². The summed E-state index contributed by atoms with van der Waals surface area (Å²) in [6.07, 6.45) is -1.29. The molecule has 0 atom stereocenters. The van der Waals surface area contributed by atoms with E-state index in [9.17, 15) is 18.3 Å². The third-order valence-electron chi connectivity index (χ3n) is 3.43.